The minimum absolute atomic E-state index is 0.0374. The summed E-state index contributed by atoms with van der Waals surface area (Å²) in [6, 6.07) is 11.4. The number of amides is 1. The van der Waals surface area contributed by atoms with Crippen molar-refractivity contribution >= 4 is 17.5 Å². The van der Waals surface area contributed by atoms with Crippen LogP contribution in [0.2, 0.25) is 5.15 Å². The van der Waals surface area contributed by atoms with E-state index in [1.807, 2.05) is 12.1 Å². The molecule has 0 bridgehead atoms. The number of halogens is 1. The number of pyridine rings is 1. The number of nitrogens with zero attached hydrogens (tertiary/aromatic N) is 1. The summed E-state index contributed by atoms with van der Waals surface area (Å²) >= 11 is 5.93. The van der Waals surface area contributed by atoms with Gasteiger partial charge in [0.2, 0.25) is 5.88 Å². The van der Waals surface area contributed by atoms with Crippen LogP contribution in [0.5, 0.6) is 5.88 Å². The molecular formula is C17H17ClN2O2. The zero-order valence-electron chi connectivity index (χ0n) is 12.3. The number of aryl methyl sites for hydroxylation is 1. The van der Waals surface area contributed by atoms with Crippen molar-refractivity contribution < 1.29 is 9.53 Å². The number of ether oxygens (including phenoxy) is 1. The highest BCUT2D eigenvalue weighted by atomic mass is 35.5. The first-order valence-electron chi connectivity index (χ1n) is 7.27. The molecule has 1 unspecified atom stereocenters. The molecule has 3 rings (SSSR count). The molecule has 22 heavy (non-hydrogen) atoms. The van der Waals surface area contributed by atoms with Crippen molar-refractivity contribution in [2.75, 3.05) is 7.11 Å². The Kier molecular flexibility index (Phi) is 4.29. The fraction of sp³-hybridized carbons (Fsp3) is 0.294. The number of carbonyl (C=O) groups excluding carboxylic acids is 1. The van der Waals surface area contributed by atoms with Gasteiger partial charge in [0.05, 0.1) is 13.2 Å². The predicted octanol–water partition coefficient (Wildman–Crippen LogP) is 3.55. The summed E-state index contributed by atoms with van der Waals surface area (Å²) in [5.41, 5.74) is 2.97. The number of methoxy groups -OCH3 is 1. The lowest BCUT2D eigenvalue weighted by Crippen LogP contribution is -2.31. The average molecular weight is 317 g/mol. The Labute approximate surface area is 134 Å². The summed E-state index contributed by atoms with van der Waals surface area (Å²) in [7, 11) is 1.50. The van der Waals surface area contributed by atoms with Crippen LogP contribution < -0.4 is 10.1 Å². The summed E-state index contributed by atoms with van der Waals surface area (Å²) < 4.78 is 5.06. The van der Waals surface area contributed by atoms with Gasteiger partial charge in [-0.1, -0.05) is 35.9 Å². The normalized spacial score (nSPS) is 16.7. The van der Waals surface area contributed by atoms with Crippen LogP contribution in [0.4, 0.5) is 0 Å². The monoisotopic (exact) mass is 316 g/mol. The van der Waals surface area contributed by atoms with E-state index in [9.17, 15) is 4.79 Å². The Hall–Kier alpha value is -2.07. The molecule has 2 aromatic rings. The summed E-state index contributed by atoms with van der Waals surface area (Å²) in [5, 5.41) is 3.33. The van der Waals surface area contributed by atoms with Crippen molar-refractivity contribution in [3.05, 3.63) is 58.2 Å². The van der Waals surface area contributed by atoms with Crippen molar-refractivity contribution in [1.29, 1.82) is 0 Å². The third-order valence-electron chi connectivity index (χ3n) is 3.92. The number of fused-ring (bicyclic) bond motifs is 1. The molecule has 1 amide bonds. The van der Waals surface area contributed by atoms with E-state index in [-0.39, 0.29) is 17.1 Å². The van der Waals surface area contributed by atoms with Gasteiger partial charge in [0.25, 0.3) is 5.91 Å². The van der Waals surface area contributed by atoms with Gasteiger partial charge >= 0.3 is 0 Å². The molecule has 1 atom stereocenters. The summed E-state index contributed by atoms with van der Waals surface area (Å²) in [6.07, 6.45) is 3.08. The summed E-state index contributed by atoms with van der Waals surface area (Å²) in [6.45, 7) is 0. The highest BCUT2D eigenvalue weighted by molar-refractivity contribution is 6.29. The van der Waals surface area contributed by atoms with E-state index < -0.39 is 0 Å². The van der Waals surface area contributed by atoms with E-state index >= 15 is 0 Å². The van der Waals surface area contributed by atoms with Gasteiger partial charge in [0.1, 0.15) is 5.15 Å². The molecule has 1 aromatic carbocycles. The molecule has 5 heteroatoms. The van der Waals surface area contributed by atoms with Crippen LogP contribution in [0.3, 0.4) is 0 Å². The van der Waals surface area contributed by atoms with Crippen LogP contribution in [0, 0.1) is 0 Å². The SMILES string of the molecule is COc1cc(C(=O)NC2CCCc3ccccc32)cc(Cl)n1. The number of rotatable bonds is 3. The van der Waals surface area contributed by atoms with Gasteiger partial charge in [-0.05, 0) is 36.5 Å². The Balaban J connectivity index is 1.82. The lowest BCUT2D eigenvalue weighted by molar-refractivity contribution is 0.0932. The van der Waals surface area contributed by atoms with Crippen LogP contribution >= 0.6 is 11.6 Å². The van der Waals surface area contributed by atoms with Crippen molar-refractivity contribution in [3.63, 3.8) is 0 Å². The standard InChI is InChI=1S/C17H17ClN2O2/c1-22-16-10-12(9-15(18)20-16)17(21)19-14-8-4-6-11-5-2-3-7-13(11)14/h2-3,5,7,9-10,14H,4,6,8H2,1H3,(H,19,21). The van der Waals surface area contributed by atoms with Crippen molar-refractivity contribution in [2.45, 2.75) is 25.3 Å². The maximum absolute atomic E-state index is 12.5. The molecule has 0 fully saturated rings. The van der Waals surface area contributed by atoms with Gasteiger partial charge in [-0.2, -0.15) is 0 Å². The largest absolute Gasteiger partial charge is 0.481 e. The third kappa shape index (κ3) is 3.07. The Bertz CT molecular complexity index is 703. The van der Waals surface area contributed by atoms with Gasteiger partial charge in [-0.3, -0.25) is 4.79 Å². The van der Waals surface area contributed by atoms with Gasteiger partial charge in [0, 0.05) is 11.6 Å². The maximum atomic E-state index is 12.5. The van der Waals surface area contributed by atoms with E-state index in [1.54, 1.807) is 12.1 Å². The number of hydrogen-bond acceptors (Lipinski definition) is 3. The van der Waals surface area contributed by atoms with Gasteiger partial charge in [-0.15, -0.1) is 0 Å². The number of benzene rings is 1. The molecule has 114 valence electrons. The molecule has 1 aliphatic carbocycles. The van der Waals surface area contributed by atoms with E-state index in [4.69, 9.17) is 16.3 Å². The number of hydrogen-bond donors (Lipinski definition) is 1. The van der Waals surface area contributed by atoms with Gasteiger partial charge in [0.15, 0.2) is 0 Å². The molecule has 4 nitrogen and oxygen atoms in total. The fourth-order valence-corrected chi connectivity index (χ4v) is 3.05. The minimum atomic E-state index is -0.163. The Morgan fingerprint density at radius 2 is 2.18 bits per heavy atom. The second-order valence-corrected chi connectivity index (χ2v) is 5.73. The average Bonchev–Trinajstić information content (AvgIpc) is 2.54. The Morgan fingerprint density at radius 1 is 1.36 bits per heavy atom. The molecule has 1 aliphatic rings. The Morgan fingerprint density at radius 3 is 3.00 bits per heavy atom. The van der Waals surface area contributed by atoms with Crippen molar-refractivity contribution in [3.8, 4) is 5.88 Å². The molecule has 1 N–H and O–H groups in total. The zero-order chi connectivity index (χ0) is 15.5. The molecule has 0 saturated carbocycles. The number of nitrogens with one attached hydrogen (secondary N) is 1. The molecule has 0 saturated heterocycles. The minimum Gasteiger partial charge on any atom is -0.481 e. The lowest BCUT2D eigenvalue weighted by Gasteiger charge is -2.26. The second-order valence-electron chi connectivity index (χ2n) is 5.34. The summed E-state index contributed by atoms with van der Waals surface area (Å²) in [5.74, 6) is 0.172. The fourth-order valence-electron chi connectivity index (χ4n) is 2.85. The van der Waals surface area contributed by atoms with Crippen LogP contribution in [0.15, 0.2) is 36.4 Å². The second kappa shape index (κ2) is 6.36. The van der Waals surface area contributed by atoms with Gasteiger partial charge in [-0.25, -0.2) is 4.98 Å². The molecule has 0 radical (unpaired) electrons. The highest BCUT2D eigenvalue weighted by Crippen LogP contribution is 2.29. The third-order valence-corrected chi connectivity index (χ3v) is 4.11. The molecule has 0 spiro atoms. The van der Waals surface area contributed by atoms with Crippen molar-refractivity contribution in [1.82, 2.24) is 10.3 Å². The molecule has 1 heterocycles. The van der Waals surface area contributed by atoms with Crippen LogP contribution in [-0.2, 0) is 6.42 Å². The van der Waals surface area contributed by atoms with Crippen LogP contribution in [-0.4, -0.2) is 18.0 Å². The first-order valence-corrected chi connectivity index (χ1v) is 7.65. The molecule has 0 aliphatic heterocycles. The zero-order valence-corrected chi connectivity index (χ0v) is 13.1. The van der Waals surface area contributed by atoms with Gasteiger partial charge < -0.3 is 10.1 Å². The van der Waals surface area contributed by atoms with Crippen LogP contribution in [0.1, 0.15) is 40.4 Å². The number of aromatic nitrogens is 1. The first-order chi connectivity index (χ1) is 10.7. The van der Waals surface area contributed by atoms with Crippen LogP contribution in [0.25, 0.3) is 0 Å². The maximum Gasteiger partial charge on any atom is 0.252 e. The predicted molar refractivity (Wildman–Crippen MR) is 85.4 cm³/mol. The molecular weight excluding hydrogens is 300 g/mol. The smallest absolute Gasteiger partial charge is 0.252 e. The van der Waals surface area contributed by atoms with E-state index in [0.29, 0.717) is 11.4 Å². The van der Waals surface area contributed by atoms with E-state index in [0.717, 1.165) is 19.3 Å². The van der Waals surface area contributed by atoms with E-state index in [2.05, 4.69) is 22.4 Å². The lowest BCUT2D eigenvalue weighted by atomic mass is 9.87. The quantitative estimate of drug-likeness (QED) is 0.881. The van der Waals surface area contributed by atoms with E-state index in [1.165, 1.54) is 18.2 Å². The molecule has 1 aromatic heterocycles. The highest BCUT2D eigenvalue weighted by Gasteiger charge is 2.22. The van der Waals surface area contributed by atoms with Crippen molar-refractivity contribution in [2.24, 2.45) is 0 Å². The topological polar surface area (TPSA) is 51.2 Å². The number of carbonyl (C=O) groups is 1. The summed E-state index contributed by atoms with van der Waals surface area (Å²) in [4.78, 5) is 16.5. The first kappa shape index (κ1) is 14.9.